The number of hydrogen-bond acceptors (Lipinski definition) is 3. The summed E-state index contributed by atoms with van der Waals surface area (Å²) in [7, 11) is 0. The number of halogens is 3. The van der Waals surface area contributed by atoms with Gasteiger partial charge in [-0.05, 0) is 60.2 Å². The fourth-order valence-electron chi connectivity index (χ4n) is 3.47. The van der Waals surface area contributed by atoms with Crippen LogP contribution in [0.1, 0.15) is 17.2 Å². The first-order chi connectivity index (χ1) is 14.9. The molecule has 1 aliphatic heterocycles. The first-order valence-electron chi connectivity index (χ1n) is 9.43. The van der Waals surface area contributed by atoms with Gasteiger partial charge in [-0.25, -0.2) is 8.78 Å². The van der Waals surface area contributed by atoms with Gasteiger partial charge in [0.2, 0.25) is 5.91 Å². The van der Waals surface area contributed by atoms with Crippen LogP contribution in [0.2, 0.25) is 5.02 Å². The molecule has 0 saturated heterocycles. The van der Waals surface area contributed by atoms with Crippen LogP contribution in [0, 0.1) is 11.6 Å². The first kappa shape index (κ1) is 20.8. The molecule has 158 valence electrons. The number of amides is 2. The number of nitrogens with zero attached hydrogens (tertiary/aromatic N) is 1. The van der Waals surface area contributed by atoms with Crippen molar-refractivity contribution in [3.63, 3.8) is 0 Å². The van der Waals surface area contributed by atoms with E-state index in [4.69, 9.17) is 16.3 Å². The number of carbonyl (C=O) groups is 2. The number of fused-ring (bicyclic) bond motifs is 1. The molecule has 1 aliphatic rings. The Morgan fingerprint density at radius 2 is 1.71 bits per heavy atom. The van der Waals surface area contributed by atoms with Gasteiger partial charge < -0.3 is 15.0 Å². The van der Waals surface area contributed by atoms with Gasteiger partial charge in [0.05, 0.1) is 6.04 Å². The highest BCUT2D eigenvalue weighted by atomic mass is 35.5. The van der Waals surface area contributed by atoms with E-state index >= 15 is 0 Å². The Balaban J connectivity index is 1.70. The largest absolute Gasteiger partial charge is 0.484 e. The van der Waals surface area contributed by atoms with Crippen molar-refractivity contribution in [3.05, 3.63) is 94.5 Å². The summed E-state index contributed by atoms with van der Waals surface area (Å²) in [5.74, 6) is -1.46. The highest BCUT2D eigenvalue weighted by Crippen LogP contribution is 2.36. The maximum Gasteiger partial charge on any atom is 0.261 e. The van der Waals surface area contributed by atoms with E-state index in [1.54, 1.807) is 24.3 Å². The number of hydrogen-bond donors (Lipinski definition) is 1. The van der Waals surface area contributed by atoms with E-state index in [1.807, 2.05) is 0 Å². The molecule has 4 rings (SSSR count). The van der Waals surface area contributed by atoms with E-state index in [9.17, 15) is 18.4 Å². The number of anilines is 1. The van der Waals surface area contributed by atoms with E-state index in [2.05, 4.69) is 5.32 Å². The van der Waals surface area contributed by atoms with Gasteiger partial charge in [0, 0.05) is 16.3 Å². The van der Waals surface area contributed by atoms with Gasteiger partial charge in [0.1, 0.15) is 23.9 Å². The summed E-state index contributed by atoms with van der Waals surface area (Å²) in [4.78, 5) is 26.9. The molecule has 0 aliphatic carbocycles. The molecular weight excluding hydrogens is 426 g/mol. The van der Waals surface area contributed by atoms with Crippen LogP contribution in [-0.4, -0.2) is 29.9 Å². The summed E-state index contributed by atoms with van der Waals surface area (Å²) >= 11 is 5.86. The van der Waals surface area contributed by atoms with Crippen molar-refractivity contribution >= 4 is 29.1 Å². The molecule has 0 fully saturated rings. The predicted octanol–water partition coefficient (Wildman–Crippen LogP) is 4.57. The third-order valence-corrected chi connectivity index (χ3v) is 5.14. The lowest BCUT2D eigenvalue weighted by molar-refractivity contribution is -0.138. The maximum atomic E-state index is 14.1. The number of rotatable bonds is 4. The minimum absolute atomic E-state index is 0.277. The molecule has 2 amide bonds. The van der Waals surface area contributed by atoms with Crippen LogP contribution in [0.3, 0.4) is 0 Å². The quantitative estimate of drug-likeness (QED) is 0.644. The zero-order chi connectivity index (χ0) is 22.0. The van der Waals surface area contributed by atoms with Crippen LogP contribution >= 0.6 is 11.6 Å². The summed E-state index contributed by atoms with van der Waals surface area (Å²) in [6.07, 6.45) is 0. The monoisotopic (exact) mass is 442 g/mol. The van der Waals surface area contributed by atoms with Gasteiger partial charge in [0.15, 0.2) is 6.61 Å². The smallest absolute Gasteiger partial charge is 0.261 e. The van der Waals surface area contributed by atoms with Crippen LogP contribution in [0.5, 0.6) is 5.75 Å². The van der Waals surface area contributed by atoms with Crippen molar-refractivity contribution in [2.24, 2.45) is 0 Å². The molecule has 5 nitrogen and oxygen atoms in total. The SMILES string of the molecule is O=C1CN(C(=O)COc2ccc(Cl)cc2)[C@@H](c2ccc(F)cc2)c2cc(F)ccc2N1. The van der Waals surface area contributed by atoms with Crippen molar-refractivity contribution in [1.29, 1.82) is 0 Å². The summed E-state index contributed by atoms with van der Waals surface area (Å²) in [6.45, 7) is -0.627. The molecule has 1 heterocycles. The zero-order valence-corrected chi connectivity index (χ0v) is 16.9. The highest BCUT2D eigenvalue weighted by Gasteiger charge is 2.34. The Bertz CT molecular complexity index is 1120. The number of nitrogens with one attached hydrogen (secondary N) is 1. The van der Waals surface area contributed by atoms with E-state index in [1.165, 1.54) is 47.4 Å². The molecule has 8 heteroatoms. The average Bonchev–Trinajstić information content (AvgIpc) is 2.89. The van der Waals surface area contributed by atoms with Crippen molar-refractivity contribution in [3.8, 4) is 5.75 Å². The van der Waals surface area contributed by atoms with Gasteiger partial charge in [-0.3, -0.25) is 9.59 Å². The predicted molar refractivity (Wildman–Crippen MR) is 112 cm³/mol. The molecule has 0 spiro atoms. The molecule has 31 heavy (non-hydrogen) atoms. The molecular formula is C23H17ClF2N2O3. The van der Waals surface area contributed by atoms with E-state index in [-0.39, 0.29) is 13.2 Å². The third kappa shape index (κ3) is 4.67. The third-order valence-electron chi connectivity index (χ3n) is 4.89. The lowest BCUT2D eigenvalue weighted by atomic mass is 9.95. The molecule has 0 saturated carbocycles. The minimum Gasteiger partial charge on any atom is -0.484 e. The normalized spacial score (nSPS) is 15.6. The fraction of sp³-hybridized carbons (Fsp3) is 0.130. The molecule has 1 N–H and O–H groups in total. The second-order valence-electron chi connectivity index (χ2n) is 7.00. The lowest BCUT2D eigenvalue weighted by Gasteiger charge is -2.30. The number of carbonyl (C=O) groups excluding carboxylic acids is 2. The molecule has 3 aromatic rings. The molecule has 0 radical (unpaired) electrons. The zero-order valence-electron chi connectivity index (χ0n) is 16.1. The number of ether oxygens (including phenoxy) is 1. The van der Waals surface area contributed by atoms with E-state index < -0.39 is 29.5 Å². The van der Waals surface area contributed by atoms with Gasteiger partial charge in [-0.1, -0.05) is 23.7 Å². The van der Waals surface area contributed by atoms with Crippen LogP contribution in [-0.2, 0) is 9.59 Å². The minimum atomic E-state index is -0.813. The first-order valence-corrected chi connectivity index (χ1v) is 9.81. The molecule has 0 bridgehead atoms. The Labute approximate surface area is 182 Å². The van der Waals surface area contributed by atoms with Crippen LogP contribution in [0.4, 0.5) is 14.5 Å². The van der Waals surface area contributed by atoms with Crippen molar-refractivity contribution < 1.29 is 23.1 Å². The van der Waals surface area contributed by atoms with Crippen LogP contribution in [0.25, 0.3) is 0 Å². The molecule has 3 aromatic carbocycles. The topological polar surface area (TPSA) is 58.6 Å². The summed E-state index contributed by atoms with van der Waals surface area (Å²) in [5.41, 5.74) is 1.30. The van der Waals surface area contributed by atoms with Crippen molar-refractivity contribution in [2.75, 3.05) is 18.5 Å². The van der Waals surface area contributed by atoms with Gasteiger partial charge >= 0.3 is 0 Å². The Morgan fingerprint density at radius 3 is 2.42 bits per heavy atom. The van der Waals surface area contributed by atoms with E-state index in [0.29, 0.717) is 27.6 Å². The second-order valence-corrected chi connectivity index (χ2v) is 7.43. The van der Waals surface area contributed by atoms with Gasteiger partial charge in [-0.2, -0.15) is 0 Å². The Kier molecular flexibility index (Phi) is 5.86. The van der Waals surface area contributed by atoms with E-state index in [0.717, 1.165) is 0 Å². The lowest BCUT2D eigenvalue weighted by Crippen LogP contribution is -2.41. The Morgan fingerprint density at radius 1 is 1.03 bits per heavy atom. The average molecular weight is 443 g/mol. The Hall–Kier alpha value is -3.45. The van der Waals surface area contributed by atoms with Crippen molar-refractivity contribution in [2.45, 2.75) is 6.04 Å². The summed E-state index contributed by atoms with van der Waals surface area (Å²) < 4.78 is 33.2. The second kappa shape index (κ2) is 8.73. The van der Waals surface area contributed by atoms with Crippen molar-refractivity contribution in [1.82, 2.24) is 4.90 Å². The number of benzene rings is 3. The molecule has 0 unspecified atom stereocenters. The van der Waals surface area contributed by atoms with Gasteiger partial charge in [-0.15, -0.1) is 0 Å². The standard InChI is InChI=1S/C23H17ClF2N2O3/c24-15-3-8-18(9-4-15)31-13-22(30)28-12-21(29)27-20-10-7-17(26)11-19(20)23(28)14-1-5-16(25)6-2-14/h1-11,23H,12-13H2,(H,27,29)/t23-/m0/s1. The summed E-state index contributed by atoms with van der Waals surface area (Å²) in [5, 5.41) is 3.22. The fourth-order valence-corrected chi connectivity index (χ4v) is 3.60. The van der Waals surface area contributed by atoms with Gasteiger partial charge in [0.25, 0.3) is 5.91 Å². The molecule has 1 atom stereocenters. The molecule has 0 aromatic heterocycles. The van der Waals surface area contributed by atoms with Crippen LogP contribution < -0.4 is 10.1 Å². The highest BCUT2D eigenvalue weighted by molar-refractivity contribution is 6.30. The van der Waals surface area contributed by atoms with Crippen LogP contribution in [0.15, 0.2) is 66.7 Å². The summed E-state index contributed by atoms with van der Waals surface area (Å²) in [6, 6.07) is 15.1. The maximum absolute atomic E-state index is 14.1.